The van der Waals surface area contributed by atoms with E-state index < -0.39 is 0 Å². The summed E-state index contributed by atoms with van der Waals surface area (Å²) < 4.78 is 19.5. The fourth-order valence-electron chi connectivity index (χ4n) is 3.44. The van der Waals surface area contributed by atoms with Crippen molar-refractivity contribution in [3.63, 3.8) is 0 Å². The summed E-state index contributed by atoms with van der Waals surface area (Å²) in [7, 11) is 0. The molecular formula is C23H22FN3O. The van der Waals surface area contributed by atoms with Gasteiger partial charge in [0.1, 0.15) is 5.82 Å². The van der Waals surface area contributed by atoms with Crippen LogP contribution in [0.25, 0.3) is 11.3 Å². The van der Waals surface area contributed by atoms with E-state index in [0.717, 1.165) is 34.5 Å². The highest BCUT2D eigenvalue weighted by Gasteiger charge is 2.25. The summed E-state index contributed by atoms with van der Waals surface area (Å²) in [6.07, 6.45) is 6.43. The molecule has 0 saturated heterocycles. The number of aromatic nitrogens is 2. The first-order valence-corrected chi connectivity index (χ1v) is 9.40. The van der Waals surface area contributed by atoms with E-state index in [1.165, 1.54) is 12.1 Å². The number of hydrogen-bond acceptors (Lipinski definition) is 3. The predicted molar refractivity (Wildman–Crippen MR) is 109 cm³/mol. The summed E-state index contributed by atoms with van der Waals surface area (Å²) in [5, 5.41) is 7.74. The number of ether oxygens (including phenoxy) is 1. The number of allylic oxidation sites excluding steroid dienone is 1. The first-order chi connectivity index (χ1) is 13.7. The molecule has 4 rings (SSSR count). The monoisotopic (exact) mass is 375 g/mol. The zero-order valence-electron chi connectivity index (χ0n) is 15.7. The Labute approximate surface area is 163 Å². The fourth-order valence-corrected chi connectivity index (χ4v) is 3.44. The van der Waals surface area contributed by atoms with Gasteiger partial charge in [-0.3, -0.25) is 10.1 Å². The van der Waals surface area contributed by atoms with Gasteiger partial charge in [-0.2, -0.15) is 5.10 Å². The first-order valence-electron chi connectivity index (χ1n) is 9.40. The third-order valence-corrected chi connectivity index (χ3v) is 4.94. The molecule has 5 heteroatoms. The number of rotatable bonds is 6. The van der Waals surface area contributed by atoms with Gasteiger partial charge in [0.2, 0.25) is 0 Å². The summed E-state index contributed by atoms with van der Waals surface area (Å²) in [6.45, 7) is 2.54. The first kappa shape index (κ1) is 18.3. The molecule has 3 aromatic rings. The Hall–Kier alpha value is -3.05. The molecule has 28 heavy (non-hydrogen) atoms. The van der Waals surface area contributed by atoms with Crippen LogP contribution in [0.15, 0.2) is 71.9 Å². The van der Waals surface area contributed by atoms with Crippen LogP contribution in [0.2, 0.25) is 0 Å². The van der Waals surface area contributed by atoms with Crippen molar-refractivity contribution in [3.05, 3.63) is 89.5 Å². The fraction of sp³-hybridized carbons (Fsp3) is 0.217. The zero-order chi connectivity index (χ0) is 19.3. The lowest BCUT2D eigenvalue weighted by Crippen LogP contribution is -2.08. The van der Waals surface area contributed by atoms with Crippen molar-refractivity contribution >= 4 is 6.21 Å². The van der Waals surface area contributed by atoms with Gasteiger partial charge in [0.05, 0.1) is 24.1 Å². The highest BCUT2D eigenvalue weighted by molar-refractivity contribution is 5.69. The smallest absolute Gasteiger partial charge is 0.123 e. The van der Waals surface area contributed by atoms with Crippen molar-refractivity contribution in [1.29, 1.82) is 0 Å². The molecule has 1 aromatic heterocycles. The Bertz CT molecular complexity index is 977. The minimum atomic E-state index is -0.259. The average Bonchev–Trinajstić information content (AvgIpc) is 3.19. The van der Waals surface area contributed by atoms with E-state index >= 15 is 0 Å². The van der Waals surface area contributed by atoms with E-state index in [1.54, 1.807) is 12.1 Å². The largest absolute Gasteiger partial charge is 0.368 e. The van der Waals surface area contributed by atoms with Gasteiger partial charge in [-0.1, -0.05) is 36.4 Å². The third kappa shape index (κ3) is 3.94. The standard InChI is InChI=1S/C23H22FN3O/c1-16(28-15-17-5-3-2-4-6-17)22-21(18-11-13-25-14-12-18)23(27-26-22)19-7-9-20(24)10-8-19/h2-11,13-14,16,18H,12,15H2,1H3,(H,26,27). The molecule has 2 heterocycles. The second-order valence-corrected chi connectivity index (χ2v) is 6.86. The molecule has 4 nitrogen and oxygen atoms in total. The van der Waals surface area contributed by atoms with Crippen molar-refractivity contribution in [1.82, 2.24) is 10.2 Å². The van der Waals surface area contributed by atoms with E-state index in [-0.39, 0.29) is 17.8 Å². The lowest BCUT2D eigenvalue weighted by atomic mass is 9.89. The Morgan fingerprint density at radius 2 is 1.93 bits per heavy atom. The number of nitrogens with one attached hydrogen (secondary N) is 1. The van der Waals surface area contributed by atoms with Crippen molar-refractivity contribution in [2.75, 3.05) is 0 Å². The van der Waals surface area contributed by atoms with Crippen LogP contribution < -0.4 is 0 Å². The molecule has 1 aliphatic heterocycles. The number of aliphatic imine (C=N–C) groups is 1. The molecule has 0 spiro atoms. The van der Waals surface area contributed by atoms with Crippen molar-refractivity contribution < 1.29 is 9.13 Å². The number of halogens is 1. The summed E-state index contributed by atoms with van der Waals surface area (Å²) in [5.74, 6) is -0.112. The molecular weight excluding hydrogens is 353 g/mol. The van der Waals surface area contributed by atoms with Gasteiger partial charge in [0.25, 0.3) is 0 Å². The molecule has 1 aliphatic rings. The van der Waals surface area contributed by atoms with E-state index in [4.69, 9.17) is 4.74 Å². The highest BCUT2D eigenvalue weighted by atomic mass is 19.1. The molecule has 0 bridgehead atoms. The minimum Gasteiger partial charge on any atom is -0.368 e. The molecule has 0 fully saturated rings. The van der Waals surface area contributed by atoms with Gasteiger partial charge >= 0.3 is 0 Å². The predicted octanol–water partition coefficient (Wildman–Crippen LogP) is 5.57. The topological polar surface area (TPSA) is 50.3 Å². The summed E-state index contributed by atoms with van der Waals surface area (Å²) in [5.41, 5.74) is 4.86. The molecule has 0 radical (unpaired) electrons. The quantitative estimate of drug-likeness (QED) is 0.613. The van der Waals surface area contributed by atoms with Gasteiger partial charge in [-0.25, -0.2) is 4.39 Å². The van der Waals surface area contributed by atoms with E-state index in [0.29, 0.717) is 6.61 Å². The van der Waals surface area contributed by atoms with Crippen LogP contribution in [0.3, 0.4) is 0 Å². The maximum Gasteiger partial charge on any atom is 0.123 e. The number of hydrogen-bond donors (Lipinski definition) is 1. The van der Waals surface area contributed by atoms with E-state index in [1.807, 2.05) is 49.7 Å². The van der Waals surface area contributed by atoms with Crippen molar-refractivity contribution in [2.45, 2.75) is 32.0 Å². The second-order valence-electron chi connectivity index (χ2n) is 6.86. The van der Waals surface area contributed by atoms with Gasteiger partial charge in [0, 0.05) is 29.5 Å². The lowest BCUT2D eigenvalue weighted by Gasteiger charge is -2.19. The van der Waals surface area contributed by atoms with Gasteiger partial charge in [-0.15, -0.1) is 0 Å². The Balaban J connectivity index is 1.65. The average molecular weight is 375 g/mol. The summed E-state index contributed by atoms with van der Waals surface area (Å²) in [6, 6.07) is 16.5. The van der Waals surface area contributed by atoms with E-state index in [2.05, 4.69) is 21.3 Å². The molecule has 142 valence electrons. The summed E-state index contributed by atoms with van der Waals surface area (Å²) >= 11 is 0. The molecule has 0 aliphatic carbocycles. The van der Waals surface area contributed by atoms with Crippen LogP contribution in [0.1, 0.15) is 42.2 Å². The Kier molecular flexibility index (Phi) is 5.44. The maximum atomic E-state index is 13.4. The van der Waals surface area contributed by atoms with E-state index in [9.17, 15) is 4.39 Å². The number of H-pyrrole nitrogens is 1. The molecule has 1 N–H and O–H groups in total. The zero-order valence-corrected chi connectivity index (χ0v) is 15.7. The van der Waals surface area contributed by atoms with Crippen LogP contribution in [0, 0.1) is 5.82 Å². The minimum absolute atomic E-state index is 0.147. The van der Waals surface area contributed by atoms with Crippen LogP contribution in [-0.2, 0) is 11.3 Å². The number of benzene rings is 2. The molecule has 2 aromatic carbocycles. The van der Waals surface area contributed by atoms with Crippen molar-refractivity contribution in [3.8, 4) is 11.3 Å². The van der Waals surface area contributed by atoms with Crippen LogP contribution in [0.5, 0.6) is 0 Å². The molecule has 0 saturated carbocycles. The molecule has 0 amide bonds. The van der Waals surface area contributed by atoms with Crippen LogP contribution in [0.4, 0.5) is 4.39 Å². The Morgan fingerprint density at radius 1 is 1.14 bits per heavy atom. The molecule has 2 unspecified atom stereocenters. The normalized spacial score (nSPS) is 17.0. The lowest BCUT2D eigenvalue weighted by molar-refractivity contribution is 0.0491. The third-order valence-electron chi connectivity index (χ3n) is 4.94. The maximum absolute atomic E-state index is 13.4. The summed E-state index contributed by atoms with van der Waals surface area (Å²) in [4.78, 5) is 4.18. The van der Waals surface area contributed by atoms with Gasteiger partial charge in [-0.05, 0) is 43.2 Å². The SMILES string of the molecule is CC(OCc1ccccc1)c1[nH]nc(-c2ccc(F)cc2)c1C1C=CN=CC1. The number of nitrogens with zero attached hydrogens (tertiary/aromatic N) is 2. The van der Waals surface area contributed by atoms with Crippen molar-refractivity contribution in [2.24, 2.45) is 4.99 Å². The highest BCUT2D eigenvalue weighted by Crippen LogP contribution is 2.37. The van der Waals surface area contributed by atoms with Crippen LogP contribution >= 0.6 is 0 Å². The number of aromatic amines is 1. The van der Waals surface area contributed by atoms with Crippen LogP contribution in [-0.4, -0.2) is 16.4 Å². The molecule has 2 atom stereocenters. The second kappa shape index (κ2) is 8.31. The Morgan fingerprint density at radius 3 is 2.64 bits per heavy atom. The van der Waals surface area contributed by atoms with Gasteiger partial charge in [0.15, 0.2) is 0 Å². The van der Waals surface area contributed by atoms with Gasteiger partial charge < -0.3 is 4.74 Å².